The lowest BCUT2D eigenvalue weighted by Gasteiger charge is -2.29. The van der Waals surface area contributed by atoms with Gasteiger partial charge in [0.15, 0.2) is 0 Å². The van der Waals surface area contributed by atoms with E-state index in [9.17, 15) is 12.8 Å². The van der Waals surface area contributed by atoms with E-state index in [2.05, 4.69) is 24.8 Å². The summed E-state index contributed by atoms with van der Waals surface area (Å²) in [4.78, 5) is 8.72. The Hall–Kier alpha value is -1.75. The summed E-state index contributed by atoms with van der Waals surface area (Å²) in [5, 5.41) is 2.97. The molecule has 144 valence electrons. The van der Waals surface area contributed by atoms with Crippen molar-refractivity contribution in [2.24, 2.45) is 4.99 Å². The van der Waals surface area contributed by atoms with Gasteiger partial charge in [-0.2, -0.15) is 0 Å². The van der Waals surface area contributed by atoms with Crippen LogP contribution >= 0.6 is 0 Å². The first-order chi connectivity index (χ1) is 12.5. The lowest BCUT2D eigenvalue weighted by atomic mass is 10.3. The molecule has 0 unspecified atom stereocenters. The average Bonchev–Trinajstić information content (AvgIpc) is 2.64. The zero-order valence-electron chi connectivity index (χ0n) is 14.5. The minimum atomic E-state index is -3.77. The van der Waals surface area contributed by atoms with Gasteiger partial charge in [-0.15, -0.1) is 0 Å². The highest BCUT2D eigenvalue weighted by Crippen LogP contribution is 2.10. The molecule has 0 aromatic heterocycles. The van der Waals surface area contributed by atoms with Crippen LogP contribution in [0.4, 0.5) is 4.39 Å². The maximum absolute atomic E-state index is 12.9. The third-order valence-electron chi connectivity index (χ3n) is 4.31. The average molecular weight is 385 g/mol. The monoisotopic (exact) mass is 385 g/mol. The normalized spacial score (nSPS) is 19.7. The Morgan fingerprint density at radius 3 is 2.50 bits per heavy atom. The van der Waals surface area contributed by atoms with Crippen molar-refractivity contribution < 1.29 is 17.5 Å². The molecule has 0 saturated carbocycles. The predicted octanol–water partition coefficient (Wildman–Crippen LogP) is 0.00250. The van der Waals surface area contributed by atoms with Crippen LogP contribution in [0, 0.1) is 5.82 Å². The lowest BCUT2D eigenvalue weighted by Crippen LogP contribution is -2.50. The zero-order chi connectivity index (χ0) is 18.4. The molecule has 10 heteroatoms. The van der Waals surface area contributed by atoms with E-state index in [1.54, 1.807) is 0 Å². The minimum Gasteiger partial charge on any atom is -0.379 e. The molecule has 0 amide bonds. The van der Waals surface area contributed by atoms with Gasteiger partial charge < -0.3 is 10.1 Å². The van der Waals surface area contributed by atoms with Crippen LogP contribution in [0.3, 0.4) is 0 Å². The SMILES string of the molecule is O=S(=O)(NC1=NCN(CCCN2CCOCC2)CN1)c1ccc(F)cc1. The van der Waals surface area contributed by atoms with Crippen molar-refractivity contribution in [2.45, 2.75) is 11.3 Å². The molecule has 2 heterocycles. The van der Waals surface area contributed by atoms with Gasteiger partial charge in [0, 0.05) is 19.6 Å². The lowest BCUT2D eigenvalue weighted by molar-refractivity contribution is 0.0360. The van der Waals surface area contributed by atoms with Gasteiger partial charge in [-0.3, -0.25) is 9.80 Å². The Morgan fingerprint density at radius 1 is 1.15 bits per heavy atom. The molecule has 0 atom stereocenters. The maximum atomic E-state index is 12.9. The molecule has 2 aliphatic rings. The van der Waals surface area contributed by atoms with Gasteiger partial charge in [0.2, 0.25) is 5.96 Å². The summed E-state index contributed by atoms with van der Waals surface area (Å²) < 4.78 is 45.2. The largest absolute Gasteiger partial charge is 0.379 e. The Morgan fingerprint density at radius 2 is 1.85 bits per heavy atom. The third-order valence-corrected chi connectivity index (χ3v) is 5.66. The highest BCUT2D eigenvalue weighted by molar-refractivity contribution is 7.90. The first-order valence-electron chi connectivity index (χ1n) is 8.62. The molecule has 26 heavy (non-hydrogen) atoms. The molecule has 8 nitrogen and oxygen atoms in total. The van der Waals surface area contributed by atoms with Crippen LogP contribution < -0.4 is 10.0 Å². The van der Waals surface area contributed by atoms with Crippen molar-refractivity contribution in [2.75, 3.05) is 52.7 Å². The van der Waals surface area contributed by atoms with Crippen LogP contribution in [0.5, 0.6) is 0 Å². The van der Waals surface area contributed by atoms with E-state index in [0.717, 1.165) is 57.9 Å². The smallest absolute Gasteiger partial charge is 0.264 e. The fraction of sp³-hybridized carbons (Fsp3) is 0.562. The first-order valence-corrected chi connectivity index (χ1v) is 10.1. The van der Waals surface area contributed by atoms with E-state index in [0.29, 0.717) is 13.3 Å². The van der Waals surface area contributed by atoms with Gasteiger partial charge in [-0.1, -0.05) is 0 Å². The number of rotatable bonds is 6. The van der Waals surface area contributed by atoms with Crippen LogP contribution in [-0.4, -0.2) is 76.9 Å². The topological polar surface area (TPSA) is 86.3 Å². The Bertz CT molecular complexity index is 720. The minimum absolute atomic E-state index is 0.00339. The van der Waals surface area contributed by atoms with E-state index >= 15 is 0 Å². The van der Waals surface area contributed by atoms with Crippen LogP contribution in [0.1, 0.15) is 6.42 Å². The Balaban J connectivity index is 1.44. The number of halogens is 1. The molecule has 1 saturated heterocycles. The van der Waals surface area contributed by atoms with E-state index < -0.39 is 15.8 Å². The highest BCUT2D eigenvalue weighted by Gasteiger charge is 2.19. The van der Waals surface area contributed by atoms with Crippen molar-refractivity contribution in [3.63, 3.8) is 0 Å². The fourth-order valence-electron chi connectivity index (χ4n) is 2.82. The van der Waals surface area contributed by atoms with E-state index in [1.165, 1.54) is 12.1 Å². The summed E-state index contributed by atoms with van der Waals surface area (Å²) in [7, 11) is -3.77. The third kappa shape index (κ3) is 5.37. The number of nitrogens with one attached hydrogen (secondary N) is 2. The van der Waals surface area contributed by atoms with Crippen LogP contribution in [0.15, 0.2) is 34.2 Å². The van der Waals surface area contributed by atoms with Crippen molar-refractivity contribution in [3.05, 3.63) is 30.1 Å². The number of hydrogen-bond acceptors (Lipinski definition) is 7. The number of benzene rings is 1. The first kappa shape index (κ1) is 19.0. The number of aliphatic imine (C=N–C) groups is 1. The van der Waals surface area contributed by atoms with Crippen LogP contribution in [0.2, 0.25) is 0 Å². The van der Waals surface area contributed by atoms with Gasteiger partial charge in [0.05, 0.1) is 31.4 Å². The summed E-state index contributed by atoms with van der Waals surface area (Å²) in [6.07, 6.45) is 1.02. The molecule has 1 fully saturated rings. The van der Waals surface area contributed by atoms with Crippen molar-refractivity contribution in [1.29, 1.82) is 0 Å². The number of guanidine groups is 1. The van der Waals surface area contributed by atoms with Gasteiger partial charge in [-0.25, -0.2) is 22.5 Å². The summed E-state index contributed by atoms with van der Waals surface area (Å²) in [5.41, 5.74) is 0. The molecule has 1 aromatic rings. The molecule has 2 N–H and O–H groups in total. The quantitative estimate of drug-likeness (QED) is 0.717. The summed E-state index contributed by atoms with van der Waals surface area (Å²) in [6, 6.07) is 4.67. The maximum Gasteiger partial charge on any atom is 0.264 e. The van der Waals surface area contributed by atoms with Crippen LogP contribution in [-0.2, 0) is 14.8 Å². The van der Waals surface area contributed by atoms with E-state index in [4.69, 9.17) is 4.74 Å². The second-order valence-corrected chi connectivity index (χ2v) is 7.93. The zero-order valence-corrected chi connectivity index (χ0v) is 15.3. The number of morpholine rings is 1. The number of ether oxygens (including phenoxy) is 1. The summed E-state index contributed by atoms with van der Waals surface area (Å²) in [5.74, 6) is -0.274. The number of nitrogens with zero attached hydrogens (tertiary/aromatic N) is 3. The number of hydrogen-bond donors (Lipinski definition) is 2. The second kappa shape index (κ2) is 8.76. The Labute approximate surface area is 153 Å². The molecule has 1 aromatic carbocycles. The molecule has 3 rings (SSSR count). The Kier molecular flexibility index (Phi) is 6.41. The molecule has 0 radical (unpaired) electrons. The molecular weight excluding hydrogens is 361 g/mol. The summed E-state index contributed by atoms with van der Waals surface area (Å²) in [6.45, 7) is 6.41. The van der Waals surface area contributed by atoms with Crippen molar-refractivity contribution in [1.82, 2.24) is 19.8 Å². The molecule has 0 spiro atoms. The highest BCUT2D eigenvalue weighted by atomic mass is 32.2. The van der Waals surface area contributed by atoms with Gasteiger partial charge >= 0.3 is 0 Å². The molecule has 0 aliphatic carbocycles. The predicted molar refractivity (Wildman–Crippen MR) is 95.6 cm³/mol. The van der Waals surface area contributed by atoms with Gasteiger partial charge in [0.1, 0.15) is 5.82 Å². The standard InChI is InChI=1S/C16H24FN5O3S/c17-14-2-4-15(5-3-14)26(23,24)20-16-18-12-22(13-19-16)7-1-6-21-8-10-25-11-9-21/h2-5H,1,6-13H2,(H2,18,19,20). The molecular formula is C16H24FN5O3S. The van der Waals surface area contributed by atoms with E-state index in [1.807, 2.05) is 0 Å². The second-order valence-electron chi connectivity index (χ2n) is 6.24. The van der Waals surface area contributed by atoms with Crippen LogP contribution in [0.25, 0.3) is 0 Å². The van der Waals surface area contributed by atoms with E-state index in [-0.39, 0.29) is 10.9 Å². The van der Waals surface area contributed by atoms with Gasteiger partial charge in [0.25, 0.3) is 10.0 Å². The molecule has 2 aliphatic heterocycles. The van der Waals surface area contributed by atoms with Gasteiger partial charge in [-0.05, 0) is 37.2 Å². The van der Waals surface area contributed by atoms with Crippen molar-refractivity contribution >= 4 is 16.0 Å². The fourth-order valence-corrected chi connectivity index (χ4v) is 3.83. The summed E-state index contributed by atoms with van der Waals surface area (Å²) >= 11 is 0. The number of sulfonamides is 1. The van der Waals surface area contributed by atoms with Crippen molar-refractivity contribution in [3.8, 4) is 0 Å². The molecule has 0 bridgehead atoms.